The van der Waals surface area contributed by atoms with Gasteiger partial charge in [0.15, 0.2) is 0 Å². The Kier molecular flexibility index (Phi) is 4.92. The Morgan fingerprint density at radius 2 is 1.65 bits per heavy atom. The van der Waals surface area contributed by atoms with E-state index in [4.69, 9.17) is 0 Å². The molecule has 2 aromatic carbocycles. The summed E-state index contributed by atoms with van der Waals surface area (Å²) in [6.45, 7) is 0. The molecule has 0 unspecified atom stereocenters. The van der Waals surface area contributed by atoms with Gasteiger partial charge in [-0.05, 0) is 50.1 Å². The van der Waals surface area contributed by atoms with Crippen molar-refractivity contribution in [3.05, 3.63) is 73.8 Å². The third-order valence-corrected chi connectivity index (χ3v) is 3.92. The van der Waals surface area contributed by atoms with Gasteiger partial charge in [-0.2, -0.15) is 0 Å². The van der Waals surface area contributed by atoms with E-state index < -0.39 is 4.92 Å². The van der Waals surface area contributed by atoms with E-state index in [1.54, 1.807) is 18.2 Å². The summed E-state index contributed by atoms with van der Waals surface area (Å²) in [7, 11) is 0. The van der Waals surface area contributed by atoms with Crippen molar-refractivity contribution in [1.29, 1.82) is 0 Å². The molecule has 0 aliphatic heterocycles. The number of nitrogens with zero attached hydrogens (tertiary/aromatic N) is 1. The van der Waals surface area contributed by atoms with Gasteiger partial charge < -0.3 is 4.98 Å². The smallest absolute Gasteiger partial charge is 0.283 e. The quantitative estimate of drug-likeness (QED) is 0.448. The maximum absolute atomic E-state index is 10.2. The van der Waals surface area contributed by atoms with Crippen LogP contribution in [0.15, 0.2) is 63.7 Å². The van der Waals surface area contributed by atoms with Crippen molar-refractivity contribution in [1.82, 2.24) is 4.98 Å². The number of hydrogen-bond donors (Lipinski definition) is 1. The fourth-order valence-electron chi connectivity index (χ4n) is 1.65. The van der Waals surface area contributed by atoms with Gasteiger partial charge in [0.2, 0.25) is 0 Å². The van der Waals surface area contributed by atoms with Gasteiger partial charge in [0.05, 0.1) is 14.9 Å². The highest BCUT2D eigenvalue weighted by Crippen LogP contribution is 2.23. The van der Waals surface area contributed by atoms with Crippen LogP contribution in [0.3, 0.4) is 0 Å². The number of aromatic nitrogens is 1. The van der Waals surface area contributed by atoms with Gasteiger partial charge in [-0.1, -0.05) is 24.3 Å². The highest BCUT2D eigenvalue weighted by Gasteiger charge is 2.07. The lowest BCUT2D eigenvalue weighted by Gasteiger charge is -1.91. The Morgan fingerprint density at radius 1 is 0.950 bits per heavy atom. The highest BCUT2D eigenvalue weighted by atomic mass is 79.9. The number of rotatable bonds is 1. The second kappa shape index (κ2) is 6.67. The summed E-state index contributed by atoms with van der Waals surface area (Å²) in [5.41, 5.74) is 1.27. The number of nitrogens with one attached hydrogen (secondary N) is 1. The lowest BCUT2D eigenvalue weighted by atomic mass is 10.3. The molecule has 0 saturated carbocycles. The van der Waals surface area contributed by atoms with Crippen LogP contribution in [0.1, 0.15) is 0 Å². The molecule has 0 amide bonds. The molecule has 20 heavy (non-hydrogen) atoms. The van der Waals surface area contributed by atoms with E-state index in [-0.39, 0.29) is 5.69 Å². The van der Waals surface area contributed by atoms with Crippen LogP contribution in [0.4, 0.5) is 5.69 Å². The molecule has 6 heteroatoms. The third kappa shape index (κ3) is 3.46. The highest BCUT2D eigenvalue weighted by molar-refractivity contribution is 9.11. The van der Waals surface area contributed by atoms with Crippen molar-refractivity contribution in [3.63, 3.8) is 0 Å². The summed E-state index contributed by atoms with van der Waals surface area (Å²) in [6.07, 6.45) is 1.94. The number of para-hydroxylation sites is 2. The molecule has 3 rings (SSSR count). The van der Waals surface area contributed by atoms with Crippen LogP contribution in [0, 0.1) is 10.1 Å². The Balaban J connectivity index is 0.000000147. The standard InChI is InChI=1S/C8H6BrN.C6H4BrNO2/c9-7-3-1-2-6-4-5-10-8(6)7;7-5-3-1-2-4-6(5)8(9)10/h1-5,10H;1-4H. The van der Waals surface area contributed by atoms with E-state index in [1.165, 1.54) is 17.0 Å². The molecule has 4 nitrogen and oxygen atoms in total. The fraction of sp³-hybridized carbons (Fsp3) is 0. The molecule has 0 bridgehead atoms. The average molecular weight is 398 g/mol. The van der Waals surface area contributed by atoms with Crippen LogP contribution < -0.4 is 0 Å². The third-order valence-electron chi connectivity index (χ3n) is 2.59. The SMILES string of the molecule is Brc1cccc2cc[nH]c12.O=[N+]([O-])c1ccccc1Br. The van der Waals surface area contributed by atoms with Crippen molar-refractivity contribution in [2.45, 2.75) is 0 Å². The van der Waals surface area contributed by atoms with E-state index >= 15 is 0 Å². The van der Waals surface area contributed by atoms with Crippen LogP contribution in [0.25, 0.3) is 10.9 Å². The summed E-state index contributed by atoms with van der Waals surface area (Å²) in [6, 6.07) is 14.6. The molecule has 102 valence electrons. The molecule has 0 saturated heterocycles. The zero-order valence-electron chi connectivity index (χ0n) is 10.2. The van der Waals surface area contributed by atoms with Crippen LogP contribution in [0.5, 0.6) is 0 Å². The van der Waals surface area contributed by atoms with Gasteiger partial charge in [-0.15, -0.1) is 0 Å². The number of H-pyrrole nitrogens is 1. The molecule has 0 fully saturated rings. The first-order valence-corrected chi connectivity index (χ1v) is 7.28. The zero-order chi connectivity index (χ0) is 14.5. The Morgan fingerprint density at radius 3 is 2.25 bits per heavy atom. The van der Waals surface area contributed by atoms with Gasteiger partial charge in [-0.3, -0.25) is 10.1 Å². The fourth-order valence-corrected chi connectivity index (χ4v) is 2.57. The lowest BCUT2D eigenvalue weighted by Crippen LogP contribution is -1.87. The summed E-state index contributed by atoms with van der Waals surface area (Å²) < 4.78 is 1.63. The van der Waals surface area contributed by atoms with Crippen molar-refractivity contribution < 1.29 is 4.92 Å². The lowest BCUT2D eigenvalue weighted by molar-refractivity contribution is -0.385. The maximum Gasteiger partial charge on any atom is 0.283 e. The van der Waals surface area contributed by atoms with Gasteiger partial charge >= 0.3 is 0 Å². The molecular weight excluding hydrogens is 388 g/mol. The molecule has 3 aromatic rings. The molecule has 0 aliphatic rings. The van der Waals surface area contributed by atoms with Gasteiger partial charge in [-0.25, -0.2) is 0 Å². The Bertz CT molecular complexity index is 741. The number of halogens is 2. The summed E-state index contributed by atoms with van der Waals surface area (Å²) in [4.78, 5) is 12.9. The van der Waals surface area contributed by atoms with E-state index in [1.807, 2.05) is 18.3 Å². The molecule has 1 heterocycles. The van der Waals surface area contributed by atoms with E-state index in [2.05, 4.69) is 49.0 Å². The average Bonchev–Trinajstić information content (AvgIpc) is 2.89. The minimum absolute atomic E-state index is 0.0995. The maximum atomic E-state index is 10.2. The predicted octanol–water partition coefficient (Wildman–Crippen LogP) is 5.29. The second-order valence-corrected chi connectivity index (χ2v) is 5.60. The topological polar surface area (TPSA) is 58.9 Å². The number of nitro groups is 1. The summed E-state index contributed by atoms with van der Waals surface area (Å²) >= 11 is 6.50. The van der Waals surface area contributed by atoms with E-state index in [0.717, 1.165) is 4.47 Å². The summed E-state index contributed by atoms with van der Waals surface area (Å²) in [5, 5.41) is 11.4. The molecule has 0 spiro atoms. The monoisotopic (exact) mass is 396 g/mol. The molecular formula is C14H10Br2N2O2. The summed E-state index contributed by atoms with van der Waals surface area (Å²) in [5.74, 6) is 0. The zero-order valence-corrected chi connectivity index (χ0v) is 13.4. The van der Waals surface area contributed by atoms with Crippen LogP contribution >= 0.6 is 31.9 Å². The van der Waals surface area contributed by atoms with E-state index in [0.29, 0.717) is 4.47 Å². The molecule has 1 N–H and O–H groups in total. The number of nitro benzene ring substituents is 1. The minimum Gasteiger partial charge on any atom is -0.360 e. The van der Waals surface area contributed by atoms with Gasteiger partial charge in [0.25, 0.3) is 5.69 Å². The van der Waals surface area contributed by atoms with Crippen LogP contribution in [0.2, 0.25) is 0 Å². The Hall–Kier alpha value is -1.66. The van der Waals surface area contributed by atoms with Crippen LogP contribution in [-0.4, -0.2) is 9.91 Å². The van der Waals surface area contributed by atoms with E-state index in [9.17, 15) is 10.1 Å². The molecule has 0 radical (unpaired) electrons. The number of fused-ring (bicyclic) bond motifs is 1. The number of aromatic amines is 1. The predicted molar refractivity (Wildman–Crippen MR) is 86.8 cm³/mol. The van der Waals surface area contributed by atoms with Gasteiger partial charge in [0, 0.05) is 22.1 Å². The van der Waals surface area contributed by atoms with Crippen molar-refractivity contribution in [2.24, 2.45) is 0 Å². The first-order valence-electron chi connectivity index (χ1n) is 5.70. The minimum atomic E-state index is -0.427. The van der Waals surface area contributed by atoms with Crippen LogP contribution in [-0.2, 0) is 0 Å². The number of benzene rings is 2. The van der Waals surface area contributed by atoms with Crippen molar-refractivity contribution >= 4 is 48.5 Å². The molecule has 0 atom stereocenters. The van der Waals surface area contributed by atoms with Crippen molar-refractivity contribution in [2.75, 3.05) is 0 Å². The number of hydrogen-bond acceptors (Lipinski definition) is 2. The first-order chi connectivity index (χ1) is 9.59. The molecule has 0 aliphatic carbocycles. The van der Waals surface area contributed by atoms with Gasteiger partial charge in [0.1, 0.15) is 0 Å². The normalized spacial score (nSPS) is 9.90. The second-order valence-electron chi connectivity index (χ2n) is 3.89. The van der Waals surface area contributed by atoms with Crippen molar-refractivity contribution in [3.8, 4) is 0 Å². The Labute approximate surface area is 132 Å². The molecule has 1 aromatic heterocycles. The largest absolute Gasteiger partial charge is 0.360 e. The first kappa shape index (κ1) is 14.7.